The Hall–Kier alpha value is -1.62. The molecule has 23 heavy (non-hydrogen) atoms. The van der Waals surface area contributed by atoms with E-state index < -0.39 is 0 Å². The largest absolute Gasteiger partial charge is 0.309 e. The molecule has 6 heteroatoms. The Labute approximate surface area is 145 Å². The summed E-state index contributed by atoms with van der Waals surface area (Å²) < 4.78 is 1.97. The Bertz CT molecular complexity index is 813. The van der Waals surface area contributed by atoms with E-state index in [4.69, 9.17) is 23.2 Å². The Morgan fingerprint density at radius 2 is 1.87 bits per heavy atom. The molecule has 0 aliphatic heterocycles. The average Bonchev–Trinajstić information content (AvgIpc) is 2.95. The number of fused-ring (bicyclic) bond motifs is 1. The van der Waals surface area contributed by atoms with Gasteiger partial charge in [0.25, 0.3) is 0 Å². The average molecular weight is 349 g/mol. The highest BCUT2D eigenvalue weighted by atomic mass is 35.5. The standard InChI is InChI=1S/C17H18Cl2N4/c1-22(2)10-9-16(12-7-8-13(18)14(19)11-12)23-17-6-4-3-5-15(17)20-21-23/h3-8,11,16H,9-10H2,1-2H3. The summed E-state index contributed by atoms with van der Waals surface area (Å²) in [6.45, 7) is 0.930. The first-order valence-electron chi connectivity index (χ1n) is 7.46. The first kappa shape index (κ1) is 16.2. The van der Waals surface area contributed by atoms with Crippen LogP contribution in [0, 0.1) is 0 Å². The number of rotatable bonds is 5. The van der Waals surface area contributed by atoms with E-state index in [1.165, 1.54) is 0 Å². The lowest BCUT2D eigenvalue weighted by atomic mass is 10.0. The third kappa shape index (κ3) is 3.50. The van der Waals surface area contributed by atoms with Gasteiger partial charge < -0.3 is 4.90 Å². The Morgan fingerprint density at radius 3 is 2.61 bits per heavy atom. The van der Waals surface area contributed by atoms with E-state index in [-0.39, 0.29) is 6.04 Å². The van der Waals surface area contributed by atoms with Gasteiger partial charge in [0.15, 0.2) is 0 Å². The van der Waals surface area contributed by atoms with Crippen molar-refractivity contribution in [1.82, 2.24) is 19.9 Å². The molecule has 3 rings (SSSR count). The van der Waals surface area contributed by atoms with Crippen molar-refractivity contribution in [2.45, 2.75) is 12.5 Å². The quantitative estimate of drug-likeness (QED) is 0.690. The fraction of sp³-hybridized carbons (Fsp3) is 0.294. The summed E-state index contributed by atoms with van der Waals surface area (Å²) in [4.78, 5) is 2.16. The molecule has 0 saturated carbocycles. The fourth-order valence-corrected chi connectivity index (χ4v) is 2.95. The molecule has 0 fully saturated rings. The zero-order chi connectivity index (χ0) is 16.4. The van der Waals surface area contributed by atoms with Crippen LogP contribution in [0.15, 0.2) is 42.5 Å². The lowest BCUT2D eigenvalue weighted by Gasteiger charge is -2.21. The molecule has 0 aliphatic rings. The van der Waals surface area contributed by atoms with Gasteiger partial charge >= 0.3 is 0 Å². The molecular formula is C17H18Cl2N4. The molecule has 1 atom stereocenters. The van der Waals surface area contributed by atoms with Crippen molar-refractivity contribution in [1.29, 1.82) is 0 Å². The van der Waals surface area contributed by atoms with E-state index in [1.54, 1.807) is 0 Å². The van der Waals surface area contributed by atoms with Crippen LogP contribution in [0.1, 0.15) is 18.0 Å². The number of benzene rings is 2. The van der Waals surface area contributed by atoms with Gasteiger partial charge in [-0.2, -0.15) is 0 Å². The molecule has 0 radical (unpaired) electrons. The Balaban J connectivity index is 2.06. The molecular weight excluding hydrogens is 331 g/mol. The molecule has 1 heterocycles. The molecule has 1 aromatic heterocycles. The third-order valence-corrected chi connectivity index (χ3v) is 4.59. The van der Waals surface area contributed by atoms with Crippen molar-refractivity contribution < 1.29 is 0 Å². The molecule has 0 saturated heterocycles. The number of aromatic nitrogens is 3. The van der Waals surface area contributed by atoms with Crippen LogP contribution in [0.4, 0.5) is 0 Å². The maximum Gasteiger partial charge on any atom is 0.113 e. The van der Waals surface area contributed by atoms with E-state index in [0.717, 1.165) is 29.6 Å². The van der Waals surface area contributed by atoms with Crippen LogP contribution >= 0.6 is 23.2 Å². The first-order chi connectivity index (χ1) is 11.1. The number of para-hydroxylation sites is 1. The summed E-state index contributed by atoms with van der Waals surface area (Å²) in [5.74, 6) is 0. The van der Waals surface area contributed by atoms with E-state index in [9.17, 15) is 0 Å². The summed E-state index contributed by atoms with van der Waals surface area (Å²) in [6.07, 6.45) is 0.901. The van der Waals surface area contributed by atoms with Crippen LogP contribution in [0.2, 0.25) is 10.0 Å². The summed E-state index contributed by atoms with van der Waals surface area (Å²) in [5, 5.41) is 9.77. The second kappa shape index (κ2) is 6.87. The topological polar surface area (TPSA) is 34.0 Å². The van der Waals surface area contributed by atoms with Gasteiger partial charge in [-0.15, -0.1) is 5.10 Å². The summed E-state index contributed by atoms with van der Waals surface area (Å²) in [7, 11) is 4.12. The molecule has 2 aromatic carbocycles. The van der Waals surface area contributed by atoms with Crippen LogP contribution in [-0.2, 0) is 0 Å². The minimum atomic E-state index is 0.0552. The van der Waals surface area contributed by atoms with Crippen molar-refractivity contribution in [3.8, 4) is 0 Å². The summed E-state index contributed by atoms with van der Waals surface area (Å²) in [5.41, 5.74) is 2.99. The number of hydrogen-bond acceptors (Lipinski definition) is 3. The van der Waals surface area contributed by atoms with Crippen molar-refractivity contribution in [2.24, 2.45) is 0 Å². The highest BCUT2D eigenvalue weighted by Gasteiger charge is 2.19. The lowest BCUT2D eigenvalue weighted by Crippen LogP contribution is -2.20. The van der Waals surface area contributed by atoms with Gasteiger partial charge in [-0.25, -0.2) is 4.68 Å². The molecule has 0 amide bonds. The highest BCUT2D eigenvalue weighted by Crippen LogP contribution is 2.30. The van der Waals surface area contributed by atoms with Crippen LogP contribution in [0.5, 0.6) is 0 Å². The van der Waals surface area contributed by atoms with Crippen molar-refractivity contribution in [2.75, 3.05) is 20.6 Å². The van der Waals surface area contributed by atoms with Gasteiger partial charge in [0.05, 0.1) is 21.6 Å². The van der Waals surface area contributed by atoms with Crippen LogP contribution in [-0.4, -0.2) is 40.5 Å². The van der Waals surface area contributed by atoms with E-state index in [1.807, 2.05) is 47.1 Å². The third-order valence-electron chi connectivity index (χ3n) is 3.85. The predicted molar refractivity (Wildman–Crippen MR) is 95.3 cm³/mol. The normalized spacial score (nSPS) is 12.9. The Kier molecular flexibility index (Phi) is 4.85. The second-order valence-corrected chi connectivity index (χ2v) is 6.62. The maximum atomic E-state index is 6.21. The SMILES string of the molecule is CN(C)CCC(c1ccc(Cl)c(Cl)c1)n1nnc2ccccc21. The second-order valence-electron chi connectivity index (χ2n) is 5.80. The number of hydrogen-bond donors (Lipinski definition) is 0. The summed E-state index contributed by atoms with van der Waals surface area (Å²) >= 11 is 12.3. The molecule has 0 bridgehead atoms. The molecule has 0 N–H and O–H groups in total. The van der Waals surface area contributed by atoms with Crippen molar-refractivity contribution >= 4 is 34.2 Å². The smallest absolute Gasteiger partial charge is 0.113 e. The molecule has 0 aliphatic carbocycles. The minimum Gasteiger partial charge on any atom is -0.309 e. The number of nitrogens with zero attached hydrogens (tertiary/aromatic N) is 4. The predicted octanol–water partition coefficient (Wildman–Crippen LogP) is 4.28. The van der Waals surface area contributed by atoms with E-state index in [0.29, 0.717) is 10.0 Å². The van der Waals surface area contributed by atoms with Gasteiger partial charge in [0, 0.05) is 0 Å². The van der Waals surface area contributed by atoms with Crippen LogP contribution < -0.4 is 0 Å². The van der Waals surface area contributed by atoms with Gasteiger partial charge in [-0.1, -0.05) is 46.6 Å². The maximum absolute atomic E-state index is 6.21. The Morgan fingerprint density at radius 1 is 1.09 bits per heavy atom. The minimum absolute atomic E-state index is 0.0552. The number of halogens is 2. The molecule has 120 valence electrons. The van der Waals surface area contributed by atoms with Crippen LogP contribution in [0.3, 0.4) is 0 Å². The van der Waals surface area contributed by atoms with E-state index >= 15 is 0 Å². The molecule has 4 nitrogen and oxygen atoms in total. The fourth-order valence-electron chi connectivity index (χ4n) is 2.65. The van der Waals surface area contributed by atoms with Crippen molar-refractivity contribution in [3.05, 3.63) is 58.1 Å². The van der Waals surface area contributed by atoms with Gasteiger partial charge in [0.1, 0.15) is 5.52 Å². The zero-order valence-corrected chi connectivity index (χ0v) is 14.6. The zero-order valence-electron chi connectivity index (χ0n) is 13.1. The van der Waals surface area contributed by atoms with Gasteiger partial charge in [-0.3, -0.25) is 0 Å². The summed E-state index contributed by atoms with van der Waals surface area (Å²) in [6, 6.07) is 13.8. The molecule has 1 unspecified atom stereocenters. The molecule has 0 spiro atoms. The molecule has 3 aromatic rings. The van der Waals surface area contributed by atoms with Gasteiger partial charge in [0.2, 0.25) is 0 Å². The van der Waals surface area contributed by atoms with Gasteiger partial charge in [-0.05, 0) is 56.9 Å². The lowest BCUT2D eigenvalue weighted by molar-refractivity contribution is 0.358. The first-order valence-corrected chi connectivity index (χ1v) is 8.21. The van der Waals surface area contributed by atoms with E-state index in [2.05, 4.69) is 29.3 Å². The highest BCUT2D eigenvalue weighted by molar-refractivity contribution is 6.42. The van der Waals surface area contributed by atoms with Crippen molar-refractivity contribution in [3.63, 3.8) is 0 Å². The van der Waals surface area contributed by atoms with Crippen LogP contribution in [0.25, 0.3) is 11.0 Å². The monoisotopic (exact) mass is 348 g/mol.